The lowest BCUT2D eigenvalue weighted by molar-refractivity contribution is -0.142. The molecule has 1 aromatic heterocycles. The van der Waals surface area contributed by atoms with Crippen LogP contribution in [0.4, 0.5) is 0 Å². The molecule has 6 rings (SSSR count). The number of carbonyl (C=O) groups is 14. The first-order valence-electron chi connectivity index (χ1n) is 31.4. The summed E-state index contributed by atoms with van der Waals surface area (Å²) in [5.41, 5.74) is 12.5. The van der Waals surface area contributed by atoms with Gasteiger partial charge in [0.15, 0.2) is 0 Å². The number of aromatic nitrogens is 1. The number of aliphatic hydroxyl groups excluding tert-OH is 1. The van der Waals surface area contributed by atoms with E-state index in [-0.39, 0.29) is 92.1 Å². The summed E-state index contributed by atoms with van der Waals surface area (Å²) >= 11 is 0. The van der Waals surface area contributed by atoms with Crippen molar-refractivity contribution in [3.8, 4) is 5.75 Å². The lowest BCUT2D eigenvalue weighted by Gasteiger charge is -2.31. The van der Waals surface area contributed by atoms with Crippen LogP contribution in [-0.4, -0.2) is 225 Å². The van der Waals surface area contributed by atoms with Crippen molar-refractivity contribution in [2.75, 3.05) is 49.2 Å². The molecule has 0 unspecified atom stereocenters. The van der Waals surface area contributed by atoms with Crippen molar-refractivity contribution in [2.24, 2.45) is 23.3 Å². The third kappa shape index (κ3) is 24.3. The number of rotatable bonds is 18. The lowest BCUT2D eigenvalue weighted by Crippen LogP contribution is -2.61. The van der Waals surface area contributed by atoms with Gasteiger partial charge in [0.1, 0.15) is 72.2 Å². The van der Waals surface area contributed by atoms with E-state index in [4.69, 9.17) is 11.5 Å². The second kappa shape index (κ2) is 38.1. The van der Waals surface area contributed by atoms with Crippen LogP contribution in [0.2, 0.25) is 0 Å². The van der Waals surface area contributed by atoms with Gasteiger partial charge in [0, 0.05) is 67.6 Å². The molecule has 0 radical (unpaired) electrons. The highest BCUT2D eigenvalue weighted by Gasteiger charge is 2.44. The molecule has 4 aliphatic rings. The third-order valence-electron chi connectivity index (χ3n) is 15.7. The summed E-state index contributed by atoms with van der Waals surface area (Å²) in [6, 6.07) is -6.63. The van der Waals surface area contributed by atoms with E-state index in [0.717, 1.165) is 48.1 Å². The van der Waals surface area contributed by atoms with Crippen LogP contribution in [0.15, 0.2) is 48.8 Å². The number of hydrogen-bond donors (Lipinski definition) is 16. The van der Waals surface area contributed by atoms with E-state index in [1.54, 1.807) is 39.8 Å². The van der Waals surface area contributed by atoms with Crippen molar-refractivity contribution in [2.45, 2.75) is 158 Å². The first kappa shape index (κ1) is 77.1. The molecule has 18 N–H and O–H groups in total. The molecule has 96 heavy (non-hydrogen) atoms. The number of pyridine rings is 1. The standard InChI is InChI=1S/C60H86N16O16S4/c1-30(2)18-38-54(86)73-43-28-96-94-27-42(52(84)65-23-47(80)67-39(19-32-10-12-34(77)13-11-32)55(87)68-36(53(85)69-38)9-5-6-16-61)72-57(89)44(74-59(91)49(31(3)4)75-48(81)24-64-51(83)37-14-15-46(79)66-37)29-95-93-26-41(50(62)82)71-58(90)45-21-35(78)25-76(45)60(92)40(70-56(43)88)20-33-8-7-17-63-22-33/h7-8,10-13,17,22,30-31,35-45,49,77-78H,5-6,9,14-16,18-21,23-29,61H2,1-4H3,(H2,62,82)(H,64,83)(H,65,84)(H,66,79)(H,67,80)(H,68,87)(H,69,85)(H,70,88)(H,71,90)(H,72,89)(H,73,86)(H,74,91)(H,75,81)/t35-,36+,37+,38+,39+,40+,41+,42+,43+,44+,45+,49+/m1/s1. The largest absolute Gasteiger partial charge is 0.508 e. The fraction of sp³-hybridized carbons (Fsp3) is 0.583. The molecule has 32 nitrogen and oxygen atoms in total. The summed E-state index contributed by atoms with van der Waals surface area (Å²) in [5.74, 6) is -14.2. The Hall–Kier alpha value is -7.93. The number of aromatic hydroxyl groups is 1. The van der Waals surface area contributed by atoms with E-state index in [0.29, 0.717) is 24.0 Å². The van der Waals surface area contributed by atoms with Gasteiger partial charge in [-0.05, 0) is 79.8 Å². The SMILES string of the molecule is CC(C)C[C@@H]1NC(=O)[C@H](CCCCN)NC(=O)[C@H](Cc2ccc(O)cc2)NC(=O)CNC(=O)[C@@H]2CSSC[C@H](NC1=O)C(=O)N[C@@H](Cc1cccnc1)C(=O)N1C[C@H](O)C[C@H]1C(=O)N[C@H](C(N)=O)CSSC[C@H](NC(=O)[C@@H](NC(=O)CNC(=O)[C@@H]1CCC(=O)N1)C(C)C)C(=O)N2. The van der Waals surface area contributed by atoms with Crippen molar-refractivity contribution in [3.63, 3.8) is 0 Å². The van der Waals surface area contributed by atoms with Crippen molar-refractivity contribution < 1.29 is 77.3 Å². The summed E-state index contributed by atoms with van der Waals surface area (Å²) in [6.07, 6.45) is 1.97. The number of carbonyl (C=O) groups excluding carboxylic acids is 14. The van der Waals surface area contributed by atoms with Gasteiger partial charge in [-0.15, -0.1) is 0 Å². The second-order valence-electron chi connectivity index (χ2n) is 24.2. The summed E-state index contributed by atoms with van der Waals surface area (Å²) in [5, 5.41) is 52.4. The van der Waals surface area contributed by atoms with Crippen LogP contribution < -0.4 is 75.3 Å². The van der Waals surface area contributed by atoms with E-state index in [1.807, 2.05) is 0 Å². The maximum atomic E-state index is 15.0. The van der Waals surface area contributed by atoms with Crippen LogP contribution in [0.1, 0.15) is 83.8 Å². The molecule has 1 aromatic carbocycles. The maximum Gasteiger partial charge on any atom is 0.246 e. The van der Waals surface area contributed by atoms with Gasteiger partial charge in [-0.1, -0.05) is 89.1 Å². The molecule has 526 valence electrons. The van der Waals surface area contributed by atoms with Crippen molar-refractivity contribution in [1.82, 2.24) is 73.7 Å². The number of fused-ring (bicyclic) bond motifs is 6. The first-order chi connectivity index (χ1) is 45.7. The average Bonchev–Trinajstić information content (AvgIpc) is 1.61. The van der Waals surface area contributed by atoms with Crippen molar-refractivity contribution in [1.29, 1.82) is 0 Å². The highest BCUT2D eigenvalue weighted by Crippen LogP contribution is 2.27. The number of phenols is 1. The Balaban J connectivity index is 1.42. The van der Waals surface area contributed by atoms with Crippen LogP contribution >= 0.6 is 43.2 Å². The molecule has 2 aromatic rings. The van der Waals surface area contributed by atoms with Gasteiger partial charge in [-0.2, -0.15) is 0 Å². The number of benzene rings is 1. The predicted octanol–water partition coefficient (Wildman–Crippen LogP) is -4.49. The number of amides is 14. The van der Waals surface area contributed by atoms with Gasteiger partial charge in [-0.3, -0.25) is 72.1 Å². The van der Waals surface area contributed by atoms with Crippen molar-refractivity contribution in [3.05, 3.63) is 59.9 Å². The van der Waals surface area contributed by atoms with Crippen LogP contribution in [-0.2, 0) is 80.0 Å². The average molecular weight is 1420 g/mol. The summed E-state index contributed by atoms with van der Waals surface area (Å²) in [6.45, 7) is 5.15. The molecule has 4 aliphatic heterocycles. The van der Waals surface area contributed by atoms with Gasteiger partial charge in [0.2, 0.25) is 82.7 Å². The molecule has 14 amide bonds. The quantitative estimate of drug-likeness (QED) is 0.0494. The normalized spacial score (nSPS) is 26.2. The lowest BCUT2D eigenvalue weighted by atomic mass is 10.0. The van der Waals surface area contributed by atoms with Gasteiger partial charge in [-0.25, -0.2) is 0 Å². The van der Waals surface area contributed by atoms with E-state index in [9.17, 15) is 72.5 Å². The molecule has 0 saturated carbocycles. The van der Waals surface area contributed by atoms with Gasteiger partial charge in [0.05, 0.1) is 19.2 Å². The number of primary amides is 1. The van der Waals surface area contributed by atoms with E-state index in [1.165, 1.54) is 36.7 Å². The Bertz CT molecular complexity index is 3120. The molecule has 4 fully saturated rings. The molecule has 12 atom stereocenters. The Morgan fingerprint density at radius 1 is 0.677 bits per heavy atom. The number of nitrogens with zero attached hydrogens (tertiary/aromatic N) is 2. The molecule has 2 bridgehead atoms. The van der Waals surface area contributed by atoms with Crippen LogP contribution in [0.5, 0.6) is 5.75 Å². The summed E-state index contributed by atoms with van der Waals surface area (Å²) in [7, 11) is 3.67. The smallest absolute Gasteiger partial charge is 0.246 e. The van der Waals surface area contributed by atoms with Crippen LogP contribution in [0.25, 0.3) is 0 Å². The van der Waals surface area contributed by atoms with Gasteiger partial charge >= 0.3 is 0 Å². The molecule has 0 spiro atoms. The van der Waals surface area contributed by atoms with Crippen molar-refractivity contribution >= 4 is 126 Å². The second-order valence-corrected chi connectivity index (χ2v) is 29.3. The number of hydrogen-bond acceptors (Lipinski definition) is 22. The zero-order chi connectivity index (χ0) is 70.2. The zero-order valence-electron chi connectivity index (χ0n) is 53.5. The maximum absolute atomic E-state index is 15.0. The summed E-state index contributed by atoms with van der Waals surface area (Å²) in [4.78, 5) is 202. The Morgan fingerprint density at radius 3 is 1.96 bits per heavy atom. The summed E-state index contributed by atoms with van der Waals surface area (Å²) < 4.78 is 0. The number of nitrogens with two attached hydrogens (primary N) is 2. The Labute approximate surface area is 570 Å². The monoisotopic (exact) mass is 1410 g/mol. The molecule has 0 aliphatic carbocycles. The fourth-order valence-corrected chi connectivity index (χ4v) is 15.2. The van der Waals surface area contributed by atoms with Gasteiger partial charge < -0.3 is 90.4 Å². The zero-order valence-corrected chi connectivity index (χ0v) is 56.8. The number of phenolic OH excluding ortho intramolecular Hbond substituents is 1. The highest BCUT2D eigenvalue weighted by molar-refractivity contribution is 8.77. The topological polar surface area (TPSA) is 492 Å². The number of unbranched alkanes of at least 4 members (excludes halogenated alkanes) is 1. The van der Waals surface area contributed by atoms with Crippen LogP contribution in [0.3, 0.4) is 0 Å². The van der Waals surface area contributed by atoms with Gasteiger partial charge in [0.25, 0.3) is 0 Å². The van der Waals surface area contributed by atoms with E-state index < -0.39 is 175 Å². The minimum atomic E-state index is -1.60. The number of aliphatic hydroxyl groups is 1. The van der Waals surface area contributed by atoms with Crippen LogP contribution in [0, 0.1) is 11.8 Å². The molecule has 4 saturated heterocycles. The Kier molecular flexibility index (Phi) is 30.6. The number of nitrogens with one attached hydrogen (secondary N) is 12. The molecule has 5 heterocycles. The first-order valence-corrected chi connectivity index (χ1v) is 36.4. The predicted molar refractivity (Wildman–Crippen MR) is 357 cm³/mol. The molecule has 36 heteroatoms. The molecular formula is C60H86N16O16S4. The van der Waals surface area contributed by atoms with E-state index in [2.05, 4.69) is 68.8 Å². The fourth-order valence-electron chi connectivity index (χ4n) is 10.5. The Morgan fingerprint density at radius 2 is 1.31 bits per heavy atom. The minimum Gasteiger partial charge on any atom is -0.508 e. The highest BCUT2D eigenvalue weighted by atomic mass is 33.1. The third-order valence-corrected chi connectivity index (χ3v) is 20.5. The van der Waals surface area contributed by atoms with E-state index >= 15 is 4.79 Å². The molecular weight excluding hydrogens is 1330 g/mol. The minimum absolute atomic E-state index is 0.00326.